The van der Waals surface area contributed by atoms with Crippen LogP contribution in [-0.4, -0.2) is 12.5 Å². The summed E-state index contributed by atoms with van der Waals surface area (Å²) < 4.78 is 13.9. The lowest BCUT2D eigenvalue weighted by Gasteiger charge is -2.30. The first-order valence-electron chi connectivity index (χ1n) is 6.93. The normalized spacial score (nSPS) is 14.0. The van der Waals surface area contributed by atoms with Crippen LogP contribution in [0.2, 0.25) is 5.02 Å². The van der Waals surface area contributed by atoms with Gasteiger partial charge in [0.05, 0.1) is 5.56 Å². The lowest BCUT2D eigenvalue weighted by molar-refractivity contribution is 0.0981. The van der Waals surface area contributed by atoms with E-state index in [1.54, 1.807) is 4.90 Å². The number of carbonyl (C=O) groups excluding carboxylic acids is 1. The third kappa shape index (κ3) is 2.66. The number of hydrogen-bond donors (Lipinski definition) is 0. The van der Waals surface area contributed by atoms with Gasteiger partial charge >= 0.3 is 0 Å². The first kappa shape index (κ1) is 14.1. The smallest absolute Gasteiger partial charge is 0.261 e. The fourth-order valence-corrected chi connectivity index (χ4v) is 2.92. The number of carbonyl (C=O) groups is 1. The van der Waals surface area contributed by atoms with E-state index in [1.165, 1.54) is 18.2 Å². The highest BCUT2D eigenvalue weighted by atomic mass is 35.5. The summed E-state index contributed by atoms with van der Waals surface area (Å²) in [4.78, 5) is 14.3. The zero-order chi connectivity index (χ0) is 15.0. The minimum absolute atomic E-state index is 0.0240. The largest absolute Gasteiger partial charge is 0.308 e. The van der Waals surface area contributed by atoms with Gasteiger partial charge in [0.25, 0.3) is 5.91 Å². The zero-order valence-corrected chi connectivity index (χ0v) is 12.5. The molecule has 2 aromatic carbocycles. The molecule has 108 valence electrons. The van der Waals surface area contributed by atoms with Crippen molar-refractivity contribution in [2.45, 2.75) is 19.8 Å². The average molecular weight is 304 g/mol. The number of hydrogen-bond acceptors (Lipinski definition) is 1. The summed E-state index contributed by atoms with van der Waals surface area (Å²) in [5.41, 5.74) is 3.20. The van der Waals surface area contributed by atoms with E-state index < -0.39 is 5.82 Å². The molecular formula is C17H15ClFNO. The van der Waals surface area contributed by atoms with Crippen molar-refractivity contribution in [3.63, 3.8) is 0 Å². The van der Waals surface area contributed by atoms with E-state index in [0.717, 1.165) is 29.7 Å². The maximum Gasteiger partial charge on any atom is 0.261 e. The summed E-state index contributed by atoms with van der Waals surface area (Å²) in [5, 5.41) is 0.362. The lowest BCUT2D eigenvalue weighted by Crippen LogP contribution is -2.36. The summed E-state index contributed by atoms with van der Waals surface area (Å²) in [6.45, 7) is 2.62. The molecule has 1 aliphatic heterocycles. The molecule has 0 aromatic heterocycles. The van der Waals surface area contributed by atoms with E-state index in [-0.39, 0.29) is 11.5 Å². The Morgan fingerprint density at radius 1 is 1.24 bits per heavy atom. The number of fused-ring (bicyclic) bond motifs is 1. The van der Waals surface area contributed by atoms with Crippen LogP contribution in [0.15, 0.2) is 36.4 Å². The Kier molecular flexibility index (Phi) is 3.68. The van der Waals surface area contributed by atoms with Crippen molar-refractivity contribution in [3.05, 3.63) is 63.9 Å². The van der Waals surface area contributed by atoms with Crippen LogP contribution in [-0.2, 0) is 6.42 Å². The average Bonchev–Trinajstić information content (AvgIpc) is 2.48. The van der Waals surface area contributed by atoms with Crippen molar-refractivity contribution < 1.29 is 9.18 Å². The van der Waals surface area contributed by atoms with Crippen molar-refractivity contribution in [2.75, 3.05) is 11.4 Å². The number of benzene rings is 2. The summed E-state index contributed by atoms with van der Waals surface area (Å²) in [6.07, 6.45) is 1.82. The summed E-state index contributed by atoms with van der Waals surface area (Å²) in [7, 11) is 0. The maximum atomic E-state index is 13.9. The van der Waals surface area contributed by atoms with E-state index in [0.29, 0.717) is 11.6 Å². The standard InChI is InChI=1S/C17H15ClFNO/c1-11-4-7-16-12(9-11)3-2-8-20(16)17(21)14-10-13(18)5-6-15(14)19/h4-7,9-10H,2-3,8H2,1H3. The van der Waals surface area contributed by atoms with Crippen molar-refractivity contribution in [1.29, 1.82) is 0 Å². The van der Waals surface area contributed by atoms with Gasteiger partial charge in [0.1, 0.15) is 5.82 Å². The monoisotopic (exact) mass is 303 g/mol. The van der Waals surface area contributed by atoms with Crippen LogP contribution < -0.4 is 4.90 Å². The molecule has 2 aromatic rings. The SMILES string of the molecule is Cc1ccc2c(c1)CCCN2C(=O)c1cc(Cl)ccc1F. The summed E-state index contributed by atoms with van der Waals surface area (Å²) >= 11 is 5.88. The number of halogens is 2. The second kappa shape index (κ2) is 5.49. The van der Waals surface area contributed by atoms with Gasteiger partial charge < -0.3 is 4.90 Å². The van der Waals surface area contributed by atoms with Gasteiger partial charge in [-0.2, -0.15) is 0 Å². The molecule has 0 N–H and O–H groups in total. The molecular weight excluding hydrogens is 289 g/mol. The second-order valence-electron chi connectivity index (χ2n) is 5.32. The van der Waals surface area contributed by atoms with E-state index in [4.69, 9.17) is 11.6 Å². The van der Waals surface area contributed by atoms with Crippen LogP contribution in [0, 0.1) is 12.7 Å². The van der Waals surface area contributed by atoms with Crippen LogP contribution in [0.3, 0.4) is 0 Å². The first-order chi connectivity index (χ1) is 10.1. The zero-order valence-electron chi connectivity index (χ0n) is 11.7. The molecule has 0 unspecified atom stereocenters. The van der Waals surface area contributed by atoms with Gasteiger partial charge in [-0.25, -0.2) is 4.39 Å². The van der Waals surface area contributed by atoms with Crippen LogP contribution in [0.1, 0.15) is 27.9 Å². The molecule has 0 bridgehead atoms. The summed E-state index contributed by atoms with van der Waals surface area (Å²) in [5.74, 6) is -0.872. The van der Waals surface area contributed by atoms with Crippen molar-refractivity contribution in [1.82, 2.24) is 0 Å². The molecule has 2 nitrogen and oxygen atoms in total. The lowest BCUT2D eigenvalue weighted by atomic mass is 9.99. The van der Waals surface area contributed by atoms with E-state index in [9.17, 15) is 9.18 Å². The van der Waals surface area contributed by atoms with Crippen LogP contribution in [0.25, 0.3) is 0 Å². The first-order valence-corrected chi connectivity index (χ1v) is 7.30. The Morgan fingerprint density at radius 3 is 2.86 bits per heavy atom. The third-order valence-corrected chi connectivity index (χ3v) is 3.99. The van der Waals surface area contributed by atoms with Gasteiger partial charge in [-0.15, -0.1) is 0 Å². The molecule has 1 aliphatic rings. The van der Waals surface area contributed by atoms with Crippen LogP contribution in [0.4, 0.5) is 10.1 Å². The van der Waals surface area contributed by atoms with Crippen molar-refractivity contribution >= 4 is 23.2 Å². The Balaban J connectivity index is 2.02. The van der Waals surface area contributed by atoms with Crippen LogP contribution in [0.5, 0.6) is 0 Å². The Labute approximate surface area is 128 Å². The van der Waals surface area contributed by atoms with Crippen molar-refractivity contribution in [2.24, 2.45) is 0 Å². The molecule has 0 fully saturated rings. The number of amides is 1. The molecule has 4 heteroatoms. The Hall–Kier alpha value is -1.87. The highest BCUT2D eigenvalue weighted by Crippen LogP contribution is 2.30. The van der Waals surface area contributed by atoms with Crippen LogP contribution >= 0.6 is 11.6 Å². The molecule has 21 heavy (non-hydrogen) atoms. The predicted molar refractivity (Wildman–Crippen MR) is 82.6 cm³/mol. The highest BCUT2D eigenvalue weighted by Gasteiger charge is 2.25. The van der Waals surface area contributed by atoms with Gasteiger partial charge in [0.15, 0.2) is 0 Å². The Morgan fingerprint density at radius 2 is 2.05 bits per heavy atom. The number of rotatable bonds is 1. The number of nitrogens with zero attached hydrogens (tertiary/aromatic N) is 1. The minimum Gasteiger partial charge on any atom is -0.308 e. The topological polar surface area (TPSA) is 20.3 Å². The number of anilines is 1. The van der Waals surface area contributed by atoms with Crippen molar-refractivity contribution in [3.8, 4) is 0 Å². The van der Waals surface area contributed by atoms with E-state index >= 15 is 0 Å². The molecule has 0 radical (unpaired) electrons. The van der Waals surface area contributed by atoms with Gasteiger partial charge in [-0.3, -0.25) is 4.79 Å². The molecule has 3 rings (SSSR count). The maximum absolute atomic E-state index is 13.9. The number of aryl methyl sites for hydroxylation is 2. The fraction of sp³-hybridized carbons (Fsp3) is 0.235. The van der Waals surface area contributed by atoms with Gasteiger partial charge in [0.2, 0.25) is 0 Å². The molecule has 0 aliphatic carbocycles. The third-order valence-electron chi connectivity index (χ3n) is 3.76. The molecule has 0 saturated heterocycles. The predicted octanol–water partition coefficient (Wildman–Crippen LogP) is 4.38. The highest BCUT2D eigenvalue weighted by molar-refractivity contribution is 6.31. The minimum atomic E-state index is -0.538. The summed E-state index contributed by atoms with van der Waals surface area (Å²) in [6, 6.07) is 10.1. The van der Waals surface area contributed by atoms with Gasteiger partial charge in [-0.1, -0.05) is 29.3 Å². The van der Waals surface area contributed by atoms with E-state index in [1.807, 2.05) is 19.1 Å². The molecule has 0 atom stereocenters. The molecule has 1 amide bonds. The quantitative estimate of drug-likeness (QED) is 0.765. The van der Waals surface area contributed by atoms with E-state index in [2.05, 4.69) is 6.07 Å². The van der Waals surface area contributed by atoms with Gasteiger partial charge in [-0.05, 0) is 49.6 Å². The Bertz CT molecular complexity index is 714. The van der Waals surface area contributed by atoms with Gasteiger partial charge in [0, 0.05) is 17.3 Å². The molecule has 1 heterocycles. The second-order valence-corrected chi connectivity index (χ2v) is 5.75. The molecule has 0 saturated carbocycles. The molecule has 0 spiro atoms. The fourth-order valence-electron chi connectivity index (χ4n) is 2.74.